The van der Waals surface area contributed by atoms with Gasteiger partial charge < -0.3 is 10.1 Å². The lowest BCUT2D eigenvalue weighted by Gasteiger charge is -2.18. The lowest BCUT2D eigenvalue weighted by atomic mass is 10.1. The minimum Gasteiger partial charge on any atom is -0.443 e. The first-order valence-electron chi connectivity index (χ1n) is 8.24. The number of carbonyl (C=O) groups excluding carboxylic acids is 2. The molecule has 1 aromatic heterocycles. The van der Waals surface area contributed by atoms with Crippen LogP contribution in [0.25, 0.3) is 0 Å². The van der Waals surface area contributed by atoms with E-state index in [0.717, 1.165) is 0 Å². The van der Waals surface area contributed by atoms with Crippen LogP contribution in [0, 0.1) is 6.92 Å². The molecule has 142 valence electrons. The summed E-state index contributed by atoms with van der Waals surface area (Å²) < 4.78 is 5.44. The number of halogens is 2. The molecule has 1 N–H and O–H groups in total. The molecular weight excluding hydrogens is 401 g/mol. The van der Waals surface area contributed by atoms with Crippen LogP contribution in [0.2, 0.25) is 10.0 Å². The number of anilines is 1. The van der Waals surface area contributed by atoms with E-state index in [1.807, 2.05) is 0 Å². The Morgan fingerprint density at radius 2 is 1.68 bits per heavy atom. The Kier molecular flexibility index (Phi) is 6.23. The molecule has 1 amide bonds. The number of benzene rings is 2. The van der Waals surface area contributed by atoms with Gasteiger partial charge in [0, 0.05) is 27.5 Å². The van der Waals surface area contributed by atoms with Crippen molar-refractivity contribution in [3.05, 3.63) is 87.9 Å². The predicted octanol–water partition coefficient (Wildman–Crippen LogP) is 4.63. The fraction of sp³-hybridized carbons (Fsp3) is 0.100. The third kappa shape index (κ3) is 5.06. The summed E-state index contributed by atoms with van der Waals surface area (Å²) in [6.07, 6.45) is 1.55. The average molecular weight is 416 g/mol. The van der Waals surface area contributed by atoms with Crippen LogP contribution >= 0.6 is 23.2 Å². The molecule has 1 unspecified atom stereocenters. The summed E-state index contributed by atoms with van der Waals surface area (Å²) in [7, 11) is 0. The monoisotopic (exact) mass is 415 g/mol. The van der Waals surface area contributed by atoms with Crippen LogP contribution in [-0.2, 0) is 9.53 Å². The van der Waals surface area contributed by atoms with E-state index in [0.29, 0.717) is 27.0 Å². The Bertz CT molecular complexity index is 975. The predicted molar refractivity (Wildman–Crippen MR) is 106 cm³/mol. The van der Waals surface area contributed by atoms with Crippen LogP contribution in [-0.4, -0.2) is 21.8 Å². The Morgan fingerprint density at radius 3 is 2.29 bits per heavy atom. The number of amides is 1. The van der Waals surface area contributed by atoms with E-state index in [1.54, 1.807) is 55.5 Å². The van der Waals surface area contributed by atoms with Crippen molar-refractivity contribution in [3.63, 3.8) is 0 Å². The van der Waals surface area contributed by atoms with E-state index < -0.39 is 18.0 Å². The summed E-state index contributed by atoms with van der Waals surface area (Å²) in [6.45, 7) is 1.75. The van der Waals surface area contributed by atoms with E-state index in [9.17, 15) is 9.59 Å². The SMILES string of the molecule is Cc1cnc(C(=O)OC(C(=O)Nc2cc(Cl)cc(Cl)c2)c2ccccc2)cn1. The maximum absolute atomic E-state index is 12.8. The van der Waals surface area contributed by atoms with Crippen molar-refractivity contribution in [2.45, 2.75) is 13.0 Å². The van der Waals surface area contributed by atoms with Crippen molar-refractivity contribution in [3.8, 4) is 0 Å². The second-order valence-electron chi connectivity index (χ2n) is 5.89. The highest BCUT2D eigenvalue weighted by molar-refractivity contribution is 6.35. The molecule has 2 aromatic carbocycles. The number of carbonyl (C=O) groups is 2. The number of hydrogen-bond donors (Lipinski definition) is 1. The van der Waals surface area contributed by atoms with Gasteiger partial charge in [-0.15, -0.1) is 0 Å². The highest BCUT2D eigenvalue weighted by Crippen LogP contribution is 2.25. The van der Waals surface area contributed by atoms with Crippen molar-refractivity contribution in [2.75, 3.05) is 5.32 Å². The first-order valence-corrected chi connectivity index (χ1v) is 8.99. The normalized spacial score (nSPS) is 11.5. The van der Waals surface area contributed by atoms with E-state index in [1.165, 1.54) is 12.4 Å². The molecule has 1 heterocycles. The molecule has 0 aliphatic carbocycles. The van der Waals surface area contributed by atoms with E-state index >= 15 is 0 Å². The Hall–Kier alpha value is -2.96. The molecule has 8 heteroatoms. The van der Waals surface area contributed by atoms with Gasteiger partial charge in [0.25, 0.3) is 5.91 Å². The molecule has 3 aromatic rings. The van der Waals surface area contributed by atoms with Crippen LogP contribution < -0.4 is 5.32 Å². The zero-order valence-electron chi connectivity index (χ0n) is 14.7. The van der Waals surface area contributed by atoms with Gasteiger partial charge in [0.15, 0.2) is 5.69 Å². The van der Waals surface area contributed by atoms with Crippen LogP contribution in [0.3, 0.4) is 0 Å². The van der Waals surface area contributed by atoms with Crippen LogP contribution in [0.5, 0.6) is 0 Å². The quantitative estimate of drug-likeness (QED) is 0.614. The molecule has 0 aliphatic rings. The molecule has 0 saturated heterocycles. The van der Waals surface area contributed by atoms with Gasteiger partial charge in [0.1, 0.15) is 0 Å². The number of aryl methyl sites for hydroxylation is 1. The summed E-state index contributed by atoms with van der Waals surface area (Å²) in [5.74, 6) is -1.32. The number of ether oxygens (including phenoxy) is 1. The Labute approximate surface area is 171 Å². The van der Waals surface area contributed by atoms with Crippen molar-refractivity contribution < 1.29 is 14.3 Å². The molecule has 0 spiro atoms. The minimum absolute atomic E-state index is 0.00475. The van der Waals surface area contributed by atoms with Gasteiger partial charge in [-0.05, 0) is 25.1 Å². The fourth-order valence-electron chi connectivity index (χ4n) is 2.40. The summed E-state index contributed by atoms with van der Waals surface area (Å²) in [4.78, 5) is 33.3. The molecule has 3 rings (SSSR count). The molecule has 0 radical (unpaired) electrons. The zero-order valence-corrected chi connectivity index (χ0v) is 16.2. The highest BCUT2D eigenvalue weighted by atomic mass is 35.5. The third-order valence-electron chi connectivity index (χ3n) is 3.69. The van der Waals surface area contributed by atoms with Gasteiger partial charge in [0.2, 0.25) is 6.10 Å². The lowest BCUT2D eigenvalue weighted by molar-refractivity contribution is -0.125. The fourth-order valence-corrected chi connectivity index (χ4v) is 2.93. The molecule has 0 aliphatic heterocycles. The standard InChI is InChI=1S/C20H15Cl2N3O3/c1-12-10-24-17(11-23-12)20(27)28-18(13-5-3-2-4-6-13)19(26)25-16-8-14(21)7-15(22)9-16/h2-11,18H,1H3,(H,25,26). The second-order valence-corrected chi connectivity index (χ2v) is 6.76. The average Bonchev–Trinajstić information content (AvgIpc) is 2.66. The zero-order chi connectivity index (χ0) is 20.1. The van der Waals surface area contributed by atoms with Crippen molar-refractivity contribution >= 4 is 40.8 Å². The number of nitrogens with one attached hydrogen (secondary N) is 1. The Balaban J connectivity index is 1.85. The maximum Gasteiger partial charge on any atom is 0.359 e. The van der Waals surface area contributed by atoms with Gasteiger partial charge in [0.05, 0.1) is 11.9 Å². The molecule has 1 atom stereocenters. The molecule has 0 saturated carbocycles. The number of esters is 1. The first kappa shape index (κ1) is 19.8. The molecule has 6 nitrogen and oxygen atoms in total. The van der Waals surface area contributed by atoms with Crippen molar-refractivity contribution in [1.29, 1.82) is 0 Å². The number of rotatable bonds is 5. The number of hydrogen-bond acceptors (Lipinski definition) is 5. The second kappa shape index (κ2) is 8.82. The van der Waals surface area contributed by atoms with Gasteiger partial charge >= 0.3 is 5.97 Å². The highest BCUT2D eigenvalue weighted by Gasteiger charge is 2.26. The summed E-state index contributed by atoms with van der Waals surface area (Å²) in [6, 6.07) is 13.3. The van der Waals surface area contributed by atoms with Gasteiger partial charge in [-0.25, -0.2) is 9.78 Å². The van der Waals surface area contributed by atoms with E-state index in [4.69, 9.17) is 27.9 Å². The number of nitrogens with zero attached hydrogens (tertiary/aromatic N) is 2. The summed E-state index contributed by atoms with van der Waals surface area (Å²) >= 11 is 11.9. The van der Waals surface area contributed by atoms with Crippen molar-refractivity contribution in [2.24, 2.45) is 0 Å². The van der Waals surface area contributed by atoms with Crippen LogP contribution in [0.1, 0.15) is 27.8 Å². The maximum atomic E-state index is 12.8. The summed E-state index contributed by atoms with van der Waals surface area (Å²) in [5, 5.41) is 3.40. The topological polar surface area (TPSA) is 81.2 Å². The van der Waals surface area contributed by atoms with Gasteiger partial charge in [-0.3, -0.25) is 9.78 Å². The Morgan fingerprint density at radius 1 is 1.00 bits per heavy atom. The lowest BCUT2D eigenvalue weighted by Crippen LogP contribution is -2.26. The molecule has 28 heavy (non-hydrogen) atoms. The molecular formula is C20H15Cl2N3O3. The number of aromatic nitrogens is 2. The third-order valence-corrected chi connectivity index (χ3v) is 4.12. The van der Waals surface area contributed by atoms with Crippen LogP contribution in [0.4, 0.5) is 5.69 Å². The smallest absolute Gasteiger partial charge is 0.359 e. The van der Waals surface area contributed by atoms with Gasteiger partial charge in [-0.1, -0.05) is 53.5 Å². The molecule has 0 fully saturated rings. The van der Waals surface area contributed by atoms with E-state index in [-0.39, 0.29) is 5.69 Å². The van der Waals surface area contributed by atoms with Crippen molar-refractivity contribution in [1.82, 2.24) is 9.97 Å². The van der Waals surface area contributed by atoms with Gasteiger partial charge in [-0.2, -0.15) is 0 Å². The molecule has 0 bridgehead atoms. The largest absolute Gasteiger partial charge is 0.443 e. The minimum atomic E-state index is -1.20. The first-order chi connectivity index (χ1) is 13.4. The van der Waals surface area contributed by atoms with E-state index in [2.05, 4.69) is 15.3 Å². The summed E-state index contributed by atoms with van der Waals surface area (Å²) in [5.41, 5.74) is 1.55. The van der Waals surface area contributed by atoms with Crippen LogP contribution in [0.15, 0.2) is 60.9 Å².